The van der Waals surface area contributed by atoms with Crippen LogP contribution < -0.4 is 5.32 Å². The second-order valence-electron chi connectivity index (χ2n) is 5.49. The predicted molar refractivity (Wildman–Crippen MR) is 84.6 cm³/mol. The quantitative estimate of drug-likeness (QED) is 0.649. The highest BCUT2D eigenvalue weighted by Gasteiger charge is 2.27. The van der Waals surface area contributed by atoms with Gasteiger partial charge in [0.25, 0.3) is 0 Å². The van der Waals surface area contributed by atoms with Gasteiger partial charge in [0.05, 0.1) is 5.54 Å². The zero-order valence-electron chi connectivity index (χ0n) is 11.3. The lowest BCUT2D eigenvalue weighted by Crippen LogP contribution is -2.51. The molecule has 1 saturated carbocycles. The minimum Gasteiger partial charge on any atom is -0.349 e. The van der Waals surface area contributed by atoms with Crippen molar-refractivity contribution in [2.75, 3.05) is 10.7 Å². The molecule has 106 valence electrons. The monoisotopic (exact) mass is 381 g/mol. The van der Waals surface area contributed by atoms with Crippen molar-refractivity contribution in [3.63, 3.8) is 0 Å². The Balaban J connectivity index is 2.31. The fraction of sp³-hybridized carbons (Fsp3) is 0.929. The van der Waals surface area contributed by atoms with Crippen LogP contribution in [0.4, 0.5) is 0 Å². The summed E-state index contributed by atoms with van der Waals surface area (Å²) in [7, 11) is 0. The van der Waals surface area contributed by atoms with Crippen molar-refractivity contribution >= 4 is 37.8 Å². The van der Waals surface area contributed by atoms with Gasteiger partial charge in [-0.2, -0.15) is 0 Å². The van der Waals surface area contributed by atoms with E-state index in [-0.39, 0.29) is 11.4 Å². The lowest BCUT2D eigenvalue weighted by atomic mass is 9.86. The van der Waals surface area contributed by atoms with Crippen molar-refractivity contribution in [3.8, 4) is 0 Å². The van der Waals surface area contributed by atoms with E-state index in [1.54, 1.807) is 0 Å². The van der Waals surface area contributed by atoms with Gasteiger partial charge in [0, 0.05) is 17.1 Å². The van der Waals surface area contributed by atoms with Gasteiger partial charge in [-0.1, -0.05) is 70.9 Å². The summed E-state index contributed by atoms with van der Waals surface area (Å²) in [6, 6.07) is 0. The third kappa shape index (κ3) is 5.20. The molecule has 1 aliphatic carbocycles. The summed E-state index contributed by atoms with van der Waals surface area (Å²) in [6.07, 6.45) is 9.43. The third-order valence-corrected chi connectivity index (χ3v) is 6.24. The second kappa shape index (κ2) is 8.57. The van der Waals surface area contributed by atoms with E-state index in [0.29, 0.717) is 6.42 Å². The maximum absolute atomic E-state index is 12.0. The highest BCUT2D eigenvalue weighted by atomic mass is 79.9. The van der Waals surface area contributed by atoms with Crippen LogP contribution in [0.25, 0.3) is 0 Å². The van der Waals surface area contributed by atoms with Gasteiger partial charge in [-0.15, -0.1) is 0 Å². The van der Waals surface area contributed by atoms with Gasteiger partial charge in [0.1, 0.15) is 0 Å². The molecule has 18 heavy (non-hydrogen) atoms. The zero-order chi connectivity index (χ0) is 13.4. The number of carbonyl (C=O) groups excluding carboxylic acids is 1. The Bertz CT molecular complexity index is 240. The molecule has 0 aromatic rings. The Morgan fingerprint density at radius 2 is 1.83 bits per heavy atom. The van der Waals surface area contributed by atoms with Crippen molar-refractivity contribution in [1.29, 1.82) is 0 Å². The average molecular weight is 383 g/mol. The van der Waals surface area contributed by atoms with Gasteiger partial charge >= 0.3 is 0 Å². The molecule has 1 rings (SSSR count). The molecule has 0 saturated heterocycles. The Labute approximate surface area is 128 Å². The van der Waals surface area contributed by atoms with E-state index < -0.39 is 0 Å². The average Bonchev–Trinajstić information content (AvgIpc) is 2.44. The van der Waals surface area contributed by atoms with Gasteiger partial charge in [0.15, 0.2) is 0 Å². The Morgan fingerprint density at radius 3 is 2.33 bits per heavy atom. The van der Waals surface area contributed by atoms with Gasteiger partial charge < -0.3 is 5.32 Å². The van der Waals surface area contributed by atoms with Crippen molar-refractivity contribution < 1.29 is 4.79 Å². The van der Waals surface area contributed by atoms with Crippen LogP contribution in [-0.2, 0) is 4.79 Å². The number of nitrogens with one attached hydrogen (secondary N) is 1. The van der Waals surface area contributed by atoms with Crippen LogP contribution in [0.5, 0.6) is 0 Å². The Kier molecular flexibility index (Phi) is 7.85. The Morgan fingerprint density at radius 1 is 1.22 bits per heavy atom. The van der Waals surface area contributed by atoms with Crippen LogP contribution in [0.15, 0.2) is 0 Å². The second-order valence-corrected chi connectivity index (χ2v) is 6.61. The molecule has 1 N–H and O–H groups in total. The summed E-state index contributed by atoms with van der Waals surface area (Å²) in [5.41, 5.74) is -0.121. The topological polar surface area (TPSA) is 29.1 Å². The molecule has 2 nitrogen and oxygen atoms in total. The molecule has 0 unspecified atom stereocenters. The van der Waals surface area contributed by atoms with Gasteiger partial charge in [0.2, 0.25) is 5.91 Å². The molecule has 0 aromatic heterocycles. The number of carbonyl (C=O) groups is 1. The fourth-order valence-corrected chi connectivity index (χ4v) is 4.55. The summed E-state index contributed by atoms with van der Waals surface area (Å²) in [5, 5.41) is 4.79. The molecule has 0 heterocycles. The van der Waals surface area contributed by atoms with Crippen LogP contribution in [0.2, 0.25) is 0 Å². The van der Waals surface area contributed by atoms with Crippen molar-refractivity contribution in [3.05, 3.63) is 0 Å². The molecule has 1 aliphatic rings. The zero-order valence-corrected chi connectivity index (χ0v) is 14.5. The Hall–Kier alpha value is 0.430. The van der Waals surface area contributed by atoms with E-state index in [4.69, 9.17) is 0 Å². The number of rotatable bonds is 7. The molecular formula is C14H25Br2NO. The lowest BCUT2D eigenvalue weighted by Gasteiger charge is -2.30. The van der Waals surface area contributed by atoms with Crippen molar-refractivity contribution in [2.45, 2.75) is 63.8 Å². The summed E-state index contributed by atoms with van der Waals surface area (Å²) < 4.78 is 0. The summed E-state index contributed by atoms with van der Waals surface area (Å²) in [5.74, 6) is 0.995. The largest absolute Gasteiger partial charge is 0.349 e. The molecule has 0 aromatic carbocycles. The summed E-state index contributed by atoms with van der Waals surface area (Å²) in [6.45, 7) is 2.12. The number of halogens is 2. The molecule has 0 spiro atoms. The number of alkyl halides is 2. The molecular weight excluding hydrogens is 358 g/mol. The first kappa shape index (κ1) is 16.5. The highest BCUT2D eigenvalue weighted by molar-refractivity contribution is 9.09. The van der Waals surface area contributed by atoms with E-state index in [2.05, 4.69) is 44.1 Å². The fourth-order valence-electron chi connectivity index (χ4n) is 2.55. The SMILES string of the molecule is CCC(CBr)(CBr)NC(=O)CCC1CCCCC1. The van der Waals surface area contributed by atoms with E-state index in [1.807, 2.05) is 0 Å². The van der Waals surface area contributed by atoms with Crippen LogP contribution in [0.1, 0.15) is 58.3 Å². The maximum Gasteiger partial charge on any atom is 0.220 e. The van der Waals surface area contributed by atoms with Crippen LogP contribution in [0.3, 0.4) is 0 Å². The first-order valence-corrected chi connectivity index (χ1v) is 9.33. The van der Waals surface area contributed by atoms with Gasteiger partial charge in [-0.3, -0.25) is 4.79 Å². The third-order valence-electron chi connectivity index (χ3n) is 4.10. The molecule has 0 aliphatic heterocycles. The number of amides is 1. The first-order chi connectivity index (χ1) is 8.65. The minimum absolute atomic E-state index is 0.121. The molecule has 0 atom stereocenters. The van der Waals surface area contributed by atoms with E-state index in [9.17, 15) is 4.79 Å². The molecule has 4 heteroatoms. The number of hydrogen-bond donors (Lipinski definition) is 1. The van der Waals surface area contributed by atoms with E-state index >= 15 is 0 Å². The number of hydrogen-bond acceptors (Lipinski definition) is 1. The highest BCUT2D eigenvalue weighted by Crippen LogP contribution is 2.27. The summed E-state index contributed by atoms with van der Waals surface area (Å²) in [4.78, 5) is 12.0. The predicted octanol–water partition coefficient (Wildman–Crippen LogP) is 4.40. The van der Waals surface area contributed by atoms with Crippen LogP contribution in [0, 0.1) is 5.92 Å². The van der Waals surface area contributed by atoms with Gasteiger partial charge in [-0.25, -0.2) is 0 Å². The minimum atomic E-state index is -0.121. The maximum atomic E-state index is 12.0. The molecule has 0 bridgehead atoms. The summed E-state index contributed by atoms with van der Waals surface area (Å²) >= 11 is 7.01. The van der Waals surface area contributed by atoms with Crippen molar-refractivity contribution in [2.24, 2.45) is 5.92 Å². The first-order valence-electron chi connectivity index (χ1n) is 7.08. The standard InChI is InChI=1S/C14H25Br2NO/c1-2-14(10-15,11-16)17-13(18)9-8-12-6-4-3-5-7-12/h12H,2-11H2,1H3,(H,17,18). The van der Waals surface area contributed by atoms with E-state index in [1.165, 1.54) is 32.1 Å². The smallest absolute Gasteiger partial charge is 0.220 e. The molecule has 1 amide bonds. The normalized spacial score (nSPS) is 17.7. The van der Waals surface area contributed by atoms with Gasteiger partial charge in [-0.05, 0) is 18.8 Å². The van der Waals surface area contributed by atoms with Crippen LogP contribution >= 0.6 is 31.9 Å². The molecule has 1 fully saturated rings. The molecule has 0 radical (unpaired) electrons. The van der Waals surface area contributed by atoms with Crippen molar-refractivity contribution in [1.82, 2.24) is 5.32 Å². The van der Waals surface area contributed by atoms with Crippen LogP contribution in [-0.4, -0.2) is 22.1 Å². The van der Waals surface area contributed by atoms with E-state index in [0.717, 1.165) is 29.4 Å². The lowest BCUT2D eigenvalue weighted by molar-refractivity contribution is -0.122.